The van der Waals surface area contributed by atoms with Crippen LogP contribution in [-0.4, -0.2) is 8.07 Å². The number of rotatable bonds is 2. The summed E-state index contributed by atoms with van der Waals surface area (Å²) in [7, 11) is -1.56. The Bertz CT molecular complexity index is 786. The summed E-state index contributed by atoms with van der Waals surface area (Å²) < 4.78 is 0. The van der Waals surface area contributed by atoms with Crippen LogP contribution in [0.15, 0.2) is 34.0 Å². The summed E-state index contributed by atoms with van der Waals surface area (Å²) in [6.45, 7) is 9.86. The monoisotopic (exact) mass is 328 g/mol. The second-order valence-electron chi connectivity index (χ2n) is 6.89. The van der Waals surface area contributed by atoms with Crippen LogP contribution in [0.1, 0.15) is 40.3 Å². The average molecular weight is 329 g/mol. The molecule has 0 nitrogen and oxygen atoms in total. The van der Waals surface area contributed by atoms with E-state index in [4.69, 9.17) is 0 Å². The Labute approximate surface area is 135 Å². The van der Waals surface area contributed by atoms with E-state index in [1.165, 1.54) is 11.3 Å². The normalized spacial score (nSPS) is 20.8. The van der Waals surface area contributed by atoms with E-state index in [9.17, 15) is 0 Å². The molecule has 0 aromatic carbocycles. The molecule has 2 heterocycles. The first-order chi connectivity index (χ1) is 10.00. The van der Waals surface area contributed by atoms with Gasteiger partial charge in [-0.15, -0.1) is 22.7 Å². The molecule has 2 aliphatic carbocycles. The van der Waals surface area contributed by atoms with Crippen molar-refractivity contribution in [1.82, 2.24) is 0 Å². The van der Waals surface area contributed by atoms with Crippen molar-refractivity contribution in [2.75, 3.05) is 0 Å². The summed E-state index contributed by atoms with van der Waals surface area (Å²) in [5, 5.41) is 6.27. The van der Waals surface area contributed by atoms with Crippen molar-refractivity contribution < 1.29 is 0 Å². The maximum Gasteiger partial charge on any atom is 0.0941 e. The third-order valence-electron chi connectivity index (χ3n) is 5.07. The molecule has 0 saturated carbocycles. The van der Waals surface area contributed by atoms with Crippen LogP contribution in [0.25, 0.3) is 11.3 Å². The van der Waals surface area contributed by atoms with Crippen LogP contribution < -0.4 is 0 Å². The largest absolute Gasteiger partial charge is 0.144 e. The first kappa shape index (κ1) is 13.7. The Morgan fingerprint density at radius 1 is 1.10 bits per heavy atom. The summed E-state index contributed by atoms with van der Waals surface area (Å²) in [6, 6.07) is 4.70. The lowest BCUT2D eigenvalue weighted by Gasteiger charge is -2.34. The molecule has 0 amide bonds. The number of fused-ring (bicyclic) bond motifs is 2. The summed E-state index contributed by atoms with van der Waals surface area (Å²) >= 11 is 3.85. The van der Waals surface area contributed by atoms with Crippen LogP contribution in [0.4, 0.5) is 0 Å². The second kappa shape index (κ2) is 4.54. The number of thiophene rings is 2. The molecular formula is C18H20S2Si. The van der Waals surface area contributed by atoms with Gasteiger partial charge in [-0.1, -0.05) is 24.2 Å². The average Bonchev–Trinajstić information content (AvgIpc) is 3.07. The fourth-order valence-corrected chi connectivity index (χ4v) is 11.9. The van der Waals surface area contributed by atoms with Gasteiger partial charge in [0.05, 0.1) is 8.07 Å². The van der Waals surface area contributed by atoms with Crippen molar-refractivity contribution in [2.45, 2.75) is 38.9 Å². The second-order valence-corrected chi connectivity index (χ2v) is 13.3. The van der Waals surface area contributed by atoms with E-state index in [1.54, 1.807) is 32.3 Å². The van der Waals surface area contributed by atoms with Crippen molar-refractivity contribution in [3.05, 3.63) is 54.9 Å². The smallest absolute Gasteiger partial charge is 0.0941 e. The van der Waals surface area contributed by atoms with Gasteiger partial charge < -0.3 is 0 Å². The van der Waals surface area contributed by atoms with Gasteiger partial charge in [0.2, 0.25) is 0 Å². The highest BCUT2D eigenvalue weighted by Gasteiger charge is 2.44. The van der Waals surface area contributed by atoms with E-state index in [-0.39, 0.29) is 0 Å². The molecule has 2 aromatic rings. The molecule has 0 N–H and O–H groups in total. The van der Waals surface area contributed by atoms with Crippen molar-refractivity contribution in [3.8, 4) is 0 Å². The van der Waals surface area contributed by atoms with Crippen LogP contribution in [-0.2, 0) is 6.42 Å². The predicted octanol–water partition coefficient (Wildman–Crippen LogP) is 6.13. The van der Waals surface area contributed by atoms with Gasteiger partial charge in [0.1, 0.15) is 0 Å². The molecule has 2 aliphatic rings. The molecule has 0 saturated heterocycles. The SMILES string of the molecule is CC1=Cc2sccc2C1[Si](C)(C)C1=C(C)Cc2ccsc21. The van der Waals surface area contributed by atoms with Crippen LogP contribution in [0.3, 0.4) is 0 Å². The molecule has 0 radical (unpaired) electrons. The molecule has 0 fully saturated rings. The maximum absolute atomic E-state index is 2.58. The minimum absolute atomic E-state index is 0.664. The molecule has 0 bridgehead atoms. The zero-order valence-corrected chi connectivity index (χ0v) is 15.6. The first-order valence-corrected chi connectivity index (χ1v) is 12.4. The molecule has 21 heavy (non-hydrogen) atoms. The molecule has 0 aliphatic heterocycles. The third-order valence-corrected chi connectivity index (χ3v) is 11.3. The van der Waals surface area contributed by atoms with Gasteiger partial charge in [0.15, 0.2) is 0 Å². The first-order valence-electron chi connectivity index (χ1n) is 7.52. The van der Waals surface area contributed by atoms with Gasteiger partial charge in [-0.2, -0.15) is 0 Å². The lowest BCUT2D eigenvalue weighted by Crippen LogP contribution is -2.36. The van der Waals surface area contributed by atoms with Gasteiger partial charge in [-0.3, -0.25) is 0 Å². The van der Waals surface area contributed by atoms with E-state index in [0.717, 1.165) is 0 Å². The van der Waals surface area contributed by atoms with Crippen molar-refractivity contribution in [2.24, 2.45) is 0 Å². The molecule has 2 aromatic heterocycles. The third kappa shape index (κ3) is 1.84. The van der Waals surface area contributed by atoms with E-state index >= 15 is 0 Å². The summed E-state index contributed by atoms with van der Waals surface area (Å²) in [6.07, 6.45) is 3.61. The van der Waals surface area contributed by atoms with Crippen molar-refractivity contribution >= 4 is 42.0 Å². The fourth-order valence-electron chi connectivity index (χ4n) is 4.43. The highest BCUT2D eigenvalue weighted by Crippen LogP contribution is 2.52. The van der Waals surface area contributed by atoms with Crippen LogP contribution in [0, 0.1) is 0 Å². The standard InChI is InChI=1S/C18H20S2Si/c1-11-9-13-5-7-20-16(13)18(11)21(3,4)17-12(2)10-15-14(17)6-8-19-15/h5-8,10,17H,9H2,1-4H3. The fraction of sp³-hybridized carbons (Fsp3) is 0.333. The zero-order chi connectivity index (χ0) is 14.8. The van der Waals surface area contributed by atoms with Gasteiger partial charge >= 0.3 is 0 Å². The van der Waals surface area contributed by atoms with Crippen LogP contribution >= 0.6 is 22.7 Å². The Morgan fingerprint density at radius 2 is 1.86 bits per heavy atom. The minimum atomic E-state index is -1.56. The number of hydrogen-bond acceptors (Lipinski definition) is 2. The van der Waals surface area contributed by atoms with Gasteiger partial charge in [0.25, 0.3) is 0 Å². The van der Waals surface area contributed by atoms with Crippen molar-refractivity contribution in [3.63, 3.8) is 0 Å². The zero-order valence-electron chi connectivity index (χ0n) is 13.0. The highest BCUT2D eigenvalue weighted by atomic mass is 32.1. The van der Waals surface area contributed by atoms with Crippen molar-refractivity contribution in [1.29, 1.82) is 0 Å². The highest BCUT2D eigenvalue weighted by molar-refractivity contribution is 7.15. The summed E-state index contributed by atoms with van der Waals surface area (Å²) in [5.74, 6) is 0. The van der Waals surface area contributed by atoms with Gasteiger partial charge in [0, 0.05) is 15.3 Å². The lowest BCUT2D eigenvalue weighted by atomic mass is 10.2. The molecule has 3 heteroatoms. The molecular weight excluding hydrogens is 308 g/mol. The number of allylic oxidation sites excluding steroid dienone is 2. The number of hydrogen-bond donors (Lipinski definition) is 0. The molecule has 1 atom stereocenters. The summed E-state index contributed by atoms with van der Waals surface area (Å²) in [4.78, 5) is 3.10. The Balaban J connectivity index is 1.86. The Hall–Kier alpha value is -0.903. The molecule has 0 spiro atoms. The Morgan fingerprint density at radius 3 is 2.67 bits per heavy atom. The molecule has 108 valence electrons. The van der Waals surface area contributed by atoms with E-state index < -0.39 is 8.07 Å². The van der Waals surface area contributed by atoms with E-state index in [1.807, 2.05) is 22.7 Å². The van der Waals surface area contributed by atoms with Crippen LogP contribution in [0.2, 0.25) is 13.1 Å². The lowest BCUT2D eigenvalue weighted by molar-refractivity contribution is 1.09. The minimum Gasteiger partial charge on any atom is -0.144 e. The maximum atomic E-state index is 2.58. The van der Waals surface area contributed by atoms with Gasteiger partial charge in [-0.05, 0) is 65.6 Å². The summed E-state index contributed by atoms with van der Waals surface area (Å²) in [5.41, 5.74) is 7.04. The van der Waals surface area contributed by atoms with E-state index in [2.05, 4.69) is 55.9 Å². The quantitative estimate of drug-likeness (QED) is 0.582. The topological polar surface area (TPSA) is 0 Å². The molecule has 1 unspecified atom stereocenters. The van der Waals surface area contributed by atoms with E-state index in [0.29, 0.717) is 5.54 Å². The Kier molecular flexibility index (Phi) is 2.97. The van der Waals surface area contributed by atoms with Gasteiger partial charge in [-0.25, -0.2) is 0 Å². The molecule has 4 rings (SSSR count). The predicted molar refractivity (Wildman–Crippen MR) is 98.8 cm³/mol. The van der Waals surface area contributed by atoms with Crippen LogP contribution in [0.5, 0.6) is 0 Å².